The first-order chi connectivity index (χ1) is 8.61. The molecule has 0 aromatic heterocycles. The molecular weight excluding hydrogens is 236 g/mol. The molecule has 0 aliphatic carbocycles. The number of aryl methyl sites for hydroxylation is 1. The van der Waals surface area contributed by atoms with Crippen LogP contribution in [0.2, 0.25) is 0 Å². The lowest BCUT2D eigenvalue weighted by atomic mass is 10.1. The van der Waals surface area contributed by atoms with E-state index in [2.05, 4.69) is 0 Å². The van der Waals surface area contributed by atoms with E-state index in [9.17, 15) is 8.78 Å². The van der Waals surface area contributed by atoms with Crippen molar-refractivity contribution in [3.05, 3.63) is 59.2 Å². The molecule has 0 unspecified atom stereocenters. The predicted molar refractivity (Wildman–Crippen MR) is 65.5 cm³/mol. The monoisotopic (exact) mass is 249 g/mol. The van der Waals surface area contributed by atoms with Gasteiger partial charge in [-0.1, -0.05) is 23.8 Å². The fraction of sp³-hybridized carbons (Fsp3) is 0.143. The summed E-state index contributed by atoms with van der Waals surface area (Å²) in [7, 11) is 0. The van der Waals surface area contributed by atoms with E-state index in [1.807, 2.05) is 19.1 Å². The van der Waals surface area contributed by atoms with Crippen LogP contribution in [0.25, 0.3) is 0 Å². The number of rotatable bonds is 3. The topological polar surface area (TPSA) is 35.2 Å². The molecule has 2 aromatic carbocycles. The molecular formula is C14H13F2NO. The molecule has 2 rings (SSSR count). The predicted octanol–water partition coefficient (Wildman–Crippen LogP) is 3.52. The van der Waals surface area contributed by atoms with Crippen LogP contribution in [-0.2, 0) is 6.54 Å². The van der Waals surface area contributed by atoms with Crippen molar-refractivity contribution in [2.24, 2.45) is 5.73 Å². The Hall–Kier alpha value is -1.94. The molecule has 2 aromatic rings. The maximum absolute atomic E-state index is 13.5. The van der Waals surface area contributed by atoms with Crippen molar-refractivity contribution in [1.29, 1.82) is 0 Å². The van der Waals surface area contributed by atoms with Gasteiger partial charge in [0, 0.05) is 12.1 Å². The minimum Gasteiger partial charge on any atom is -0.454 e. The summed E-state index contributed by atoms with van der Waals surface area (Å²) in [6.45, 7) is 2.19. The SMILES string of the molecule is Cc1ccc(Oc2cccc(F)c2F)c(CN)c1. The number of hydrogen-bond donors (Lipinski definition) is 1. The van der Waals surface area contributed by atoms with E-state index in [-0.39, 0.29) is 12.3 Å². The molecule has 0 spiro atoms. The second-order valence-corrected chi connectivity index (χ2v) is 3.97. The minimum absolute atomic E-state index is 0.145. The van der Waals surface area contributed by atoms with Gasteiger partial charge in [-0.15, -0.1) is 0 Å². The molecule has 0 saturated heterocycles. The lowest BCUT2D eigenvalue weighted by Gasteiger charge is -2.11. The van der Waals surface area contributed by atoms with Gasteiger partial charge in [-0.25, -0.2) is 4.39 Å². The van der Waals surface area contributed by atoms with Crippen LogP contribution in [0.1, 0.15) is 11.1 Å². The van der Waals surface area contributed by atoms with Crippen LogP contribution < -0.4 is 10.5 Å². The summed E-state index contributed by atoms with van der Waals surface area (Å²) >= 11 is 0. The van der Waals surface area contributed by atoms with E-state index in [1.54, 1.807) is 6.07 Å². The van der Waals surface area contributed by atoms with Crippen molar-refractivity contribution in [1.82, 2.24) is 0 Å². The van der Waals surface area contributed by atoms with Gasteiger partial charge >= 0.3 is 0 Å². The minimum atomic E-state index is -0.999. The van der Waals surface area contributed by atoms with Gasteiger partial charge in [-0.05, 0) is 25.1 Å². The molecule has 4 heteroatoms. The molecule has 0 aliphatic heterocycles. The number of nitrogens with two attached hydrogens (primary N) is 1. The van der Waals surface area contributed by atoms with Crippen molar-refractivity contribution >= 4 is 0 Å². The van der Waals surface area contributed by atoms with Gasteiger partial charge in [-0.3, -0.25) is 0 Å². The molecule has 0 amide bonds. The van der Waals surface area contributed by atoms with Gasteiger partial charge in [0.1, 0.15) is 5.75 Å². The highest BCUT2D eigenvalue weighted by molar-refractivity contribution is 5.40. The lowest BCUT2D eigenvalue weighted by molar-refractivity contribution is 0.413. The highest BCUT2D eigenvalue weighted by Crippen LogP contribution is 2.28. The fourth-order valence-electron chi connectivity index (χ4n) is 1.65. The van der Waals surface area contributed by atoms with Gasteiger partial charge < -0.3 is 10.5 Å². The summed E-state index contributed by atoms with van der Waals surface area (Å²) in [5.74, 6) is -1.64. The Morgan fingerprint density at radius 2 is 1.89 bits per heavy atom. The van der Waals surface area contributed by atoms with Crippen LogP contribution in [0.5, 0.6) is 11.5 Å². The normalized spacial score (nSPS) is 10.4. The van der Waals surface area contributed by atoms with Crippen molar-refractivity contribution in [2.75, 3.05) is 0 Å². The zero-order valence-electron chi connectivity index (χ0n) is 9.91. The van der Waals surface area contributed by atoms with Crippen LogP contribution in [0, 0.1) is 18.6 Å². The first-order valence-corrected chi connectivity index (χ1v) is 5.53. The summed E-state index contributed by atoms with van der Waals surface area (Å²) in [5, 5.41) is 0. The molecule has 2 N–H and O–H groups in total. The molecule has 94 valence electrons. The second-order valence-electron chi connectivity index (χ2n) is 3.97. The van der Waals surface area contributed by atoms with Gasteiger partial charge in [0.05, 0.1) is 0 Å². The van der Waals surface area contributed by atoms with Crippen molar-refractivity contribution < 1.29 is 13.5 Å². The Morgan fingerprint density at radius 3 is 2.61 bits per heavy atom. The summed E-state index contributed by atoms with van der Waals surface area (Å²) in [6, 6.07) is 9.18. The third-order valence-corrected chi connectivity index (χ3v) is 2.57. The van der Waals surface area contributed by atoms with Crippen LogP contribution in [-0.4, -0.2) is 0 Å². The average Bonchev–Trinajstić information content (AvgIpc) is 2.37. The molecule has 0 aliphatic rings. The Bertz CT molecular complexity index is 570. The maximum Gasteiger partial charge on any atom is 0.201 e. The van der Waals surface area contributed by atoms with E-state index >= 15 is 0 Å². The van der Waals surface area contributed by atoms with Crippen LogP contribution in [0.3, 0.4) is 0 Å². The molecule has 0 fully saturated rings. The largest absolute Gasteiger partial charge is 0.454 e. The van der Waals surface area contributed by atoms with Crippen molar-refractivity contribution in [2.45, 2.75) is 13.5 Å². The van der Waals surface area contributed by atoms with Crippen molar-refractivity contribution in [3.63, 3.8) is 0 Å². The molecule has 0 atom stereocenters. The Labute approximate surface area is 104 Å². The van der Waals surface area contributed by atoms with E-state index in [0.29, 0.717) is 5.75 Å². The van der Waals surface area contributed by atoms with Gasteiger partial charge in [0.2, 0.25) is 5.82 Å². The van der Waals surface area contributed by atoms with Crippen LogP contribution in [0.15, 0.2) is 36.4 Å². The Balaban J connectivity index is 2.37. The van der Waals surface area contributed by atoms with E-state index in [1.165, 1.54) is 12.1 Å². The third kappa shape index (κ3) is 2.49. The van der Waals surface area contributed by atoms with Crippen LogP contribution >= 0.6 is 0 Å². The molecule has 18 heavy (non-hydrogen) atoms. The fourth-order valence-corrected chi connectivity index (χ4v) is 1.65. The standard InChI is InChI=1S/C14H13F2NO/c1-9-5-6-12(10(7-9)8-17)18-13-4-2-3-11(15)14(13)16/h2-7H,8,17H2,1H3. The number of benzene rings is 2. The van der Waals surface area contributed by atoms with Gasteiger partial charge in [0.25, 0.3) is 0 Å². The number of hydrogen-bond acceptors (Lipinski definition) is 2. The Morgan fingerprint density at radius 1 is 1.11 bits per heavy atom. The molecule has 0 saturated carbocycles. The van der Waals surface area contributed by atoms with Gasteiger partial charge in [-0.2, -0.15) is 4.39 Å². The quantitative estimate of drug-likeness (QED) is 0.903. The first-order valence-electron chi connectivity index (χ1n) is 5.53. The average molecular weight is 249 g/mol. The van der Waals surface area contributed by atoms with E-state index < -0.39 is 11.6 Å². The Kier molecular flexibility index (Phi) is 3.58. The molecule has 0 heterocycles. The number of ether oxygens (including phenoxy) is 1. The highest BCUT2D eigenvalue weighted by atomic mass is 19.2. The van der Waals surface area contributed by atoms with Crippen LogP contribution in [0.4, 0.5) is 8.78 Å². The smallest absolute Gasteiger partial charge is 0.201 e. The number of halogens is 2. The molecule has 0 radical (unpaired) electrons. The lowest BCUT2D eigenvalue weighted by Crippen LogP contribution is -2.01. The summed E-state index contributed by atoms with van der Waals surface area (Å²) in [5.41, 5.74) is 7.37. The van der Waals surface area contributed by atoms with E-state index in [0.717, 1.165) is 17.2 Å². The van der Waals surface area contributed by atoms with Crippen molar-refractivity contribution in [3.8, 4) is 11.5 Å². The first kappa shape index (κ1) is 12.5. The molecule has 0 bridgehead atoms. The molecule has 2 nitrogen and oxygen atoms in total. The van der Waals surface area contributed by atoms with E-state index in [4.69, 9.17) is 10.5 Å². The third-order valence-electron chi connectivity index (χ3n) is 2.57. The summed E-state index contributed by atoms with van der Waals surface area (Å²) in [4.78, 5) is 0. The highest BCUT2D eigenvalue weighted by Gasteiger charge is 2.11. The second kappa shape index (κ2) is 5.14. The zero-order valence-corrected chi connectivity index (χ0v) is 9.91. The van der Waals surface area contributed by atoms with Gasteiger partial charge in [0.15, 0.2) is 11.6 Å². The maximum atomic E-state index is 13.5. The summed E-state index contributed by atoms with van der Waals surface area (Å²) < 4.78 is 31.9. The zero-order chi connectivity index (χ0) is 13.1. The summed E-state index contributed by atoms with van der Waals surface area (Å²) in [6.07, 6.45) is 0.